The smallest absolute Gasteiger partial charge is 0.261 e. The number of nitrogens with zero attached hydrogens (tertiary/aromatic N) is 2. The molecule has 1 fully saturated rings. The second kappa shape index (κ2) is 10.7. The Morgan fingerprint density at radius 2 is 1.31 bits per heavy atom. The van der Waals surface area contributed by atoms with Gasteiger partial charge in [0.25, 0.3) is 17.7 Å². The van der Waals surface area contributed by atoms with Crippen LogP contribution >= 0.6 is 0 Å². The lowest BCUT2D eigenvalue weighted by molar-refractivity contribution is -0.132. The van der Waals surface area contributed by atoms with E-state index in [1.54, 1.807) is 65.6 Å². The van der Waals surface area contributed by atoms with Gasteiger partial charge in [-0.3, -0.25) is 14.4 Å². The summed E-state index contributed by atoms with van der Waals surface area (Å²) in [7, 11) is -4.24. The molecule has 0 spiro atoms. The Bertz CT molecular complexity index is 1350. The van der Waals surface area contributed by atoms with Crippen molar-refractivity contribution in [3.8, 4) is 0 Å². The molecule has 186 valence electrons. The number of carbonyl (C=O) groups excluding carboxylic acids is 3. The van der Waals surface area contributed by atoms with Gasteiger partial charge in [-0.25, -0.2) is 8.42 Å². The lowest BCUT2D eigenvalue weighted by atomic mass is 10.1. The number of carbonyl (C=O) groups is 3. The molecule has 36 heavy (non-hydrogen) atoms. The normalized spacial score (nSPS) is 14.7. The highest BCUT2D eigenvalue weighted by molar-refractivity contribution is 7.92. The summed E-state index contributed by atoms with van der Waals surface area (Å²) in [5.41, 5.74) is 1.64. The Kier molecular flexibility index (Phi) is 7.49. The number of nitrogens with one attached hydrogen (secondary N) is 1. The van der Waals surface area contributed by atoms with Crippen molar-refractivity contribution in [3.63, 3.8) is 0 Å². The molecule has 0 aromatic heterocycles. The highest BCUT2D eigenvalue weighted by Gasteiger charge is 2.39. The summed E-state index contributed by atoms with van der Waals surface area (Å²) >= 11 is 0. The first kappa shape index (κ1) is 25.1. The van der Waals surface area contributed by atoms with Crippen molar-refractivity contribution in [1.82, 2.24) is 15.1 Å². The molecule has 1 heterocycles. The van der Waals surface area contributed by atoms with Crippen molar-refractivity contribution >= 4 is 27.6 Å². The third kappa shape index (κ3) is 5.46. The van der Waals surface area contributed by atoms with Crippen LogP contribution in [0.4, 0.5) is 0 Å². The monoisotopic (exact) mass is 505 g/mol. The van der Waals surface area contributed by atoms with Gasteiger partial charge in [-0.2, -0.15) is 0 Å². The summed E-state index contributed by atoms with van der Waals surface area (Å²) in [5, 5.41) is 0.656. The van der Waals surface area contributed by atoms with E-state index >= 15 is 0 Å². The summed E-state index contributed by atoms with van der Waals surface area (Å²) in [4.78, 5) is 42.2. The van der Waals surface area contributed by atoms with E-state index in [2.05, 4.69) is 5.32 Å². The average Bonchev–Trinajstić information content (AvgIpc) is 2.91. The van der Waals surface area contributed by atoms with Crippen LogP contribution in [-0.2, 0) is 14.6 Å². The first-order chi connectivity index (χ1) is 17.3. The zero-order valence-corrected chi connectivity index (χ0v) is 20.6. The molecule has 1 aliphatic rings. The standard InChI is InChI=1S/C27H27N3O5S/c1-20-9-8-12-22(19-20)24(31)28-25(36(34,35)23-13-6-3-7-14-23)27(33)30-17-15-29(16-18-30)26(32)21-10-4-2-5-11-21/h2-14,19,25H,15-18H2,1H3,(H,28,31)/t25-/m0/s1. The summed E-state index contributed by atoms with van der Waals surface area (Å²) in [5.74, 6) is -1.54. The van der Waals surface area contributed by atoms with Crippen molar-refractivity contribution in [2.75, 3.05) is 26.2 Å². The second-order valence-corrected chi connectivity index (χ2v) is 10.6. The van der Waals surface area contributed by atoms with Gasteiger partial charge in [0.15, 0.2) is 0 Å². The molecule has 1 atom stereocenters. The molecule has 0 radical (unpaired) electrons. The molecule has 1 N–H and O–H groups in total. The summed E-state index contributed by atoms with van der Waals surface area (Å²) in [6, 6.07) is 23.1. The van der Waals surface area contributed by atoms with Crippen LogP contribution in [0.2, 0.25) is 0 Å². The molecule has 0 saturated carbocycles. The Labute approximate surface area is 210 Å². The molecule has 0 bridgehead atoms. The third-order valence-electron chi connectivity index (χ3n) is 6.05. The topological polar surface area (TPSA) is 104 Å². The highest BCUT2D eigenvalue weighted by Crippen LogP contribution is 2.19. The molecule has 3 amide bonds. The lowest BCUT2D eigenvalue weighted by Crippen LogP contribution is -2.57. The molecule has 3 aromatic carbocycles. The van der Waals surface area contributed by atoms with Gasteiger partial charge in [-0.05, 0) is 43.3 Å². The minimum Gasteiger partial charge on any atom is -0.336 e. The molecule has 3 aromatic rings. The van der Waals surface area contributed by atoms with Crippen molar-refractivity contribution in [3.05, 3.63) is 102 Å². The van der Waals surface area contributed by atoms with E-state index in [1.165, 1.54) is 17.0 Å². The van der Waals surface area contributed by atoms with Crippen LogP contribution in [0.25, 0.3) is 0 Å². The van der Waals surface area contributed by atoms with Gasteiger partial charge in [0.2, 0.25) is 15.2 Å². The van der Waals surface area contributed by atoms with Crippen molar-refractivity contribution in [1.29, 1.82) is 0 Å². The number of amides is 3. The van der Waals surface area contributed by atoms with Gasteiger partial charge in [-0.15, -0.1) is 0 Å². The molecule has 0 unspecified atom stereocenters. The van der Waals surface area contributed by atoms with Gasteiger partial charge in [-0.1, -0.05) is 54.1 Å². The van der Waals surface area contributed by atoms with Crippen molar-refractivity contribution < 1.29 is 22.8 Å². The fraction of sp³-hybridized carbons (Fsp3) is 0.222. The number of sulfone groups is 1. The Hall–Kier alpha value is -3.98. The van der Waals surface area contributed by atoms with E-state index < -0.39 is 27.0 Å². The van der Waals surface area contributed by atoms with E-state index in [1.807, 2.05) is 19.1 Å². The van der Waals surface area contributed by atoms with Crippen LogP contribution in [0.5, 0.6) is 0 Å². The number of hydrogen-bond acceptors (Lipinski definition) is 5. The van der Waals surface area contributed by atoms with Crippen LogP contribution in [0.1, 0.15) is 26.3 Å². The fourth-order valence-electron chi connectivity index (χ4n) is 4.07. The quantitative estimate of drug-likeness (QED) is 0.555. The van der Waals surface area contributed by atoms with E-state index in [9.17, 15) is 22.8 Å². The van der Waals surface area contributed by atoms with Gasteiger partial charge >= 0.3 is 0 Å². The van der Waals surface area contributed by atoms with Crippen LogP contribution in [0, 0.1) is 6.92 Å². The lowest BCUT2D eigenvalue weighted by Gasteiger charge is -2.36. The Morgan fingerprint density at radius 3 is 1.92 bits per heavy atom. The minimum atomic E-state index is -4.24. The summed E-state index contributed by atoms with van der Waals surface area (Å²) in [6.45, 7) is 2.63. The zero-order chi connectivity index (χ0) is 25.7. The van der Waals surface area contributed by atoms with Crippen molar-refractivity contribution in [2.45, 2.75) is 17.2 Å². The van der Waals surface area contributed by atoms with E-state index in [0.29, 0.717) is 5.56 Å². The van der Waals surface area contributed by atoms with Crippen LogP contribution < -0.4 is 5.32 Å². The molecule has 1 aliphatic heterocycles. The minimum absolute atomic E-state index is 0.0641. The largest absolute Gasteiger partial charge is 0.336 e. The predicted molar refractivity (Wildman–Crippen MR) is 135 cm³/mol. The van der Waals surface area contributed by atoms with Crippen LogP contribution in [-0.4, -0.2) is 67.5 Å². The predicted octanol–water partition coefficient (Wildman–Crippen LogP) is 2.51. The molecular formula is C27H27N3O5S. The van der Waals surface area contributed by atoms with E-state index in [4.69, 9.17) is 0 Å². The zero-order valence-electron chi connectivity index (χ0n) is 19.8. The van der Waals surface area contributed by atoms with Gasteiger partial charge in [0.1, 0.15) is 0 Å². The SMILES string of the molecule is Cc1cccc(C(=O)N[C@H](C(=O)N2CCN(C(=O)c3ccccc3)CC2)S(=O)(=O)c2ccccc2)c1. The number of benzene rings is 3. The highest BCUT2D eigenvalue weighted by atomic mass is 32.2. The van der Waals surface area contributed by atoms with E-state index in [0.717, 1.165) is 5.56 Å². The second-order valence-electron chi connectivity index (χ2n) is 8.56. The van der Waals surface area contributed by atoms with Gasteiger partial charge in [0, 0.05) is 37.3 Å². The fourth-order valence-corrected chi connectivity index (χ4v) is 5.55. The van der Waals surface area contributed by atoms with Gasteiger partial charge < -0.3 is 15.1 Å². The number of rotatable bonds is 6. The number of hydrogen-bond donors (Lipinski definition) is 1. The van der Waals surface area contributed by atoms with Crippen LogP contribution in [0.3, 0.4) is 0 Å². The summed E-state index contributed by atoms with van der Waals surface area (Å²) < 4.78 is 27.0. The first-order valence-corrected chi connectivity index (χ1v) is 13.1. The molecular weight excluding hydrogens is 478 g/mol. The van der Waals surface area contributed by atoms with E-state index in [-0.39, 0.29) is 42.5 Å². The maximum absolute atomic E-state index is 13.5. The third-order valence-corrected chi connectivity index (χ3v) is 7.92. The maximum atomic E-state index is 13.5. The van der Waals surface area contributed by atoms with Gasteiger partial charge in [0.05, 0.1) is 4.90 Å². The number of piperazine rings is 1. The Morgan fingerprint density at radius 1 is 0.750 bits per heavy atom. The van der Waals surface area contributed by atoms with Crippen molar-refractivity contribution in [2.24, 2.45) is 0 Å². The number of aryl methyl sites for hydroxylation is 1. The molecule has 9 heteroatoms. The average molecular weight is 506 g/mol. The maximum Gasteiger partial charge on any atom is 0.261 e. The molecule has 8 nitrogen and oxygen atoms in total. The molecule has 1 saturated heterocycles. The molecule has 0 aliphatic carbocycles. The first-order valence-electron chi connectivity index (χ1n) is 11.6. The van der Waals surface area contributed by atoms with Crippen LogP contribution in [0.15, 0.2) is 89.8 Å². The molecule has 4 rings (SSSR count). The summed E-state index contributed by atoms with van der Waals surface area (Å²) in [6.07, 6.45) is 0. The Balaban J connectivity index is 1.55.